The lowest BCUT2D eigenvalue weighted by Crippen LogP contribution is -2.56. The van der Waals surface area contributed by atoms with Gasteiger partial charge in [0.1, 0.15) is 24.4 Å². The van der Waals surface area contributed by atoms with Crippen molar-refractivity contribution in [3.8, 4) is 0 Å². The van der Waals surface area contributed by atoms with Gasteiger partial charge >= 0.3 is 0 Å². The van der Waals surface area contributed by atoms with Gasteiger partial charge in [0.2, 0.25) is 0 Å². The highest BCUT2D eigenvalue weighted by atomic mass is 16.6. The van der Waals surface area contributed by atoms with Crippen LogP contribution in [0.15, 0.2) is 48.7 Å². The predicted molar refractivity (Wildman–Crippen MR) is 124 cm³/mol. The molecule has 32 heavy (non-hydrogen) atoms. The Labute approximate surface area is 188 Å². The summed E-state index contributed by atoms with van der Waals surface area (Å²) >= 11 is 0. The van der Waals surface area contributed by atoms with Crippen molar-refractivity contribution in [1.29, 1.82) is 0 Å². The van der Waals surface area contributed by atoms with Crippen LogP contribution in [0.3, 0.4) is 0 Å². The first-order valence-electron chi connectivity index (χ1n) is 11.5. The first-order chi connectivity index (χ1) is 15.5. The summed E-state index contributed by atoms with van der Waals surface area (Å²) in [5, 5.41) is 41.7. The summed E-state index contributed by atoms with van der Waals surface area (Å²) < 4.78 is 7.65. The molecule has 0 radical (unpaired) electrons. The van der Waals surface area contributed by atoms with Gasteiger partial charge in [-0.25, -0.2) is 0 Å². The van der Waals surface area contributed by atoms with Crippen LogP contribution < -0.4 is 0 Å². The summed E-state index contributed by atoms with van der Waals surface area (Å²) in [6.07, 6.45) is -0.159. The van der Waals surface area contributed by atoms with Crippen LogP contribution in [0.4, 0.5) is 0 Å². The molecular formula is C26H33NO5. The van der Waals surface area contributed by atoms with Gasteiger partial charge in [-0.2, -0.15) is 0 Å². The Balaban J connectivity index is 1.75. The molecule has 3 aromatic rings. The molecule has 4 rings (SSSR count). The van der Waals surface area contributed by atoms with Crippen LogP contribution >= 0.6 is 0 Å². The highest BCUT2D eigenvalue weighted by molar-refractivity contribution is 5.84. The van der Waals surface area contributed by atoms with E-state index in [1.165, 1.54) is 16.7 Å². The van der Waals surface area contributed by atoms with Crippen molar-refractivity contribution in [3.63, 3.8) is 0 Å². The molecule has 1 aromatic heterocycles. The number of aliphatic hydroxyl groups is 4. The molecule has 6 heteroatoms. The van der Waals surface area contributed by atoms with Crippen LogP contribution in [0.2, 0.25) is 0 Å². The quantitative estimate of drug-likeness (QED) is 0.454. The molecule has 172 valence electrons. The van der Waals surface area contributed by atoms with E-state index < -0.39 is 37.3 Å². The molecule has 1 aliphatic rings. The topological polar surface area (TPSA) is 95.1 Å². The van der Waals surface area contributed by atoms with E-state index in [-0.39, 0.29) is 0 Å². The molecule has 5 atom stereocenters. The van der Waals surface area contributed by atoms with Crippen LogP contribution in [-0.4, -0.2) is 56.0 Å². The molecule has 2 aromatic carbocycles. The number of benzene rings is 2. The van der Waals surface area contributed by atoms with Gasteiger partial charge in [0, 0.05) is 11.6 Å². The minimum absolute atomic E-state index is 0.447. The van der Waals surface area contributed by atoms with Gasteiger partial charge in [-0.15, -0.1) is 0 Å². The zero-order valence-corrected chi connectivity index (χ0v) is 18.7. The number of aryl methyl sites for hydroxylation is 2. The number of fused-ring (bicyclic) bond motifs is 1. The Morgan fingerprint density at radius 3 is 2.41 bits per heavy atom. The second-order valence-corrected chi connectivity index (χ2v) is 8.68. The molecule has 1 fully saturated rings. The number of ether oxygens (including phenoxy) is 1. The van der Waals surface area contributed by atoms with E-state index in [0.717, 1.165) is 42.1 Å². The van der Waals surface area contributed by atoms with Crippen molar-refractivity contribution in [2.45, 2.75) is 70.2 Å². The highest BCUT2D eigenvalue weighted by Gasteiger charge is 2.44. The summed E-state index contributed by atoms with van der Waals surface area (Å²) in [6, 6.07) is 14.6. The molecule has 5 unspecified atom stereocenters. The lowest BCUT2D eigenvalue weighted by Gasteiger charge is -2.40. The molecular weight excluding hydrogens is 406 g/mol. The van der Waals surface area contributed by atoms with Crippen molar-refractivity contribution in [2.24, 2.45) is 0 Å². The van der Waals surface area contributed by atoms with Crippen molar-refractivity contribution in [1.82, 2.24) is 4.57 Å². The zero-order valence-electron chi connectivity index (χ0n) is 18.7. The molecule has 0 amide bonds. The van der Waals surface area contributed by atoms with E-state index in [2.05, 4.69) is 32.0 Å². The summed E-state index contributed by atoms with van der Waals surface area (Å²) in [7, 11) is 0. The Morgan fingerprint density at radius 1 is 0.906 bits per heavy atom. The van der Waals surface area contributed by atoms with Crippen LogP contribution in [0.1, 0.15) is 48.8 Å². The lowest BCUT2D eigenvalue weighted by molar-refractivity contribution is -0.250. The summed E-state index contributed by atoms with van der Waals surface area (Å²) in [5.74, 6) is 0. The summed E-state index contributed by atoms with van der Waals surface area (Å²) in [5.41, 5.74) is 5.94. The molecule has 2 heterocycles. The van der Waals surface area contributed by atoms with Crippen LogP contribution in [-0.2, 0) is 24.0 Å². The largest absolute Gasteiger partial charge is 0.394 e. The Bertz CT molecular complexity index is 1060. The average molecular weight is 440 g/mol. The number of aromatic nitrogens is 1. The number of nitrogens with zero attached hydrogens (tertiary/aromatic N) is 1. The average Bonchev–Trinajstić information content (AvgIpc) is 3.17. The third-order valence-electron chi connectivity index (χ3n) is 6.54. The maximum absolute atomic E-state index is 10.7. The Kier molecular flexibility index (Phi) is 6.98. The van der Waals surface area contributed by atoms with E-state index in [9.17, 15) is 20.4 Å². The van der Waals surface area contributed by atoms with E-state index in [0.29, 0.717) is 0 Å². The zero-order chi connectivity index (χ0) is 22.8. The van der Waals surface area contributed by atoms with Gasteiger partial charge in [0.25, 0.3) is 0 Å². The molecule has 0 bridgehead atoms. The molecule has 1 aliphatic heterocycles. The minimum atomic E-state index is -1.41. The number of hydrogen-bond donors (Lipinski definition) is 4. The minimum Gasteiger partial charge on any atom is -0.394 e. The number of aliphatic hydroxyl groups excluding tert-OH is 4. The second kappa shape index (κ2) is 9.73. The summed E-state index contributed by atoms with van der Waals surface area (Å²) in [4.78, 5) is 0. The fourth-order valence-electron chi connectivity index (χ4n) is 4.72. The van der Waals surface area contributed by atoms with E-state index in [1.807, 2.05) is 35.0 Å². The van der Waals surface area contributed by atoms with E-state index in [4.69, 9.17) is 4.74 Å². The SMILES string of the molecule is CCCc1cc(CC)ccc1Cc1cn(C2OC(CO)C(O)C(O)C2O)c2ccccc12. The van der Waals surface area contributed by atoms with Crippen molar-refractivity contribution >= 4 is 10.9 Å². The third-order valence-corrected chi connectivity index (χ3v) is 6.54. The molecule has 1 saturated heterocycles. The van der Waals surface area contributed by atoms with Gasteiger partial charge in [-0.1, -0.05) is 56.7 Å². The van der Waals surface area contributed by atoms with Gasteiger partial charge in [0.05, 0.1) is 12.1 Å². The van der Waals surface area contributed by atoms with Crippen LogP contribution in [0, 0.1) is 0 Å². The van der Waals surface area contributed by atoms with Crippen LogP contribution in [0.5, 0.6) is 0 Å². The standard InChI is InChI=1S/C26H33NO5/c1-3-7-17-12-16(4-2)10-11-18(17)13-19-14-27(21-9-6-5-8-20(19)21)26-25(31)24(30)23(29)22(15-28)32-26/h5-6,8-12,14,22-26,28-31H,3-4,7,13,15H2,1-2H3. The number of para-hydroxylation sites is 1. The van der Waals surface area contributed by atoms with Gasteiger partial charge in [-0.3, -0.25) is 0 Å². The number of hydrogen-bond acceptors (Lipinski definition) is 5. The highest BCUT2D eigenvalue weighted by Crippen LogP contribution is 2.34. The maximum Gasteiger partial charge on any atom is 0.163 e. The fourth-order valence-corrected chi connectivity index (χ4v) is 4.72. The molecule has 4 N–H and O–H groups in total. The van der Waals surface area contributed by atoms with Crippen molar-refractivity contribution in [3.05, 3.63) is 70.9 Å². The van der Waals surface area contributed by atoms with E-state index in [1.54, 1.807) is 0 Å². The number of rotatable bonds is 7. The van der Waals surface area contributed by atoms with Crippen molar-refractivity contribution < 1.29 is 25.2 Å². The summed E-state index contributed by atoms with van der Waals surface area (Å²) in [6.45, 7) is 3.91. The van der Waals surface area contributed by atoms with Crippen LogP contribution in [0.25, 0.3) is 10.9 Å². The molecule has 6 nitrogen and oxygen atoms in total. The first kappa shape index (κ1) is 23.0. The van der Waals surface area contributed by atoms with E-state index >= 15 is 0 Å². The normalized spacial score (nSPS) is 26.0. The third kappa shape index (κ3) is 4.21. The monoisotopic (exact) mass is 439 g/mol. The van der Waals surface area contributed by atoms with Gasteiger partial charge < -0.3 is 29.7 Å². The maximum atomic E-state index is 10.7. The van der Waals surface area contributed by atoms with Gasteiger partial charge in [0.15, 0.2) is 6.23 Å². The second-order valence-electron chi connectivity index (χ2n) is 8.68. The van der Waals surface area contributed by atoms with Crippen molar-refractivity contribution in [2.75, 3.05) is 6.61 Å². The lowest BCUT2D eigenvalue weighted by atomic mass is 9.94. The fraction of sp³-hybridized carbons (Fsp3) is 0.462. The first-order valence-corrected chi connectivity index (χ1v) is 11.5. The molecule has 0 spiro atoms. The molecule has 0 aliphatic carbocycles. The molecule has 0 saturated carbocycles. The smallest absolute Gasteiger partial charge is 0.163 e. The Morgan fingerprint density at radius 2 is 1.69 bits per heavy atom. The van der Waals surface area contributed by atoms with Gasteiger partial charge in [-0.05, 0) is 47.6 Å². The Hall–Kier alpha value is -2.22. The predicted octanol–water partition coefficient (Wildman–Crippen LogP) is 2.72.